The van der Waals surface area contributed by atoms with Crippen molar-refractivity contribution in [2.75, 3.05) is 54.4 Å². The van der Waals surface area contributed by atoms with Gasteiger partial charge in [-0.15, -0.1) is 0 Å². The number of nitrogens with one attached hydrogen (secondary N) is 1. The monoisotopic (exact) mass is 617 g/mol. The van der Waals surface area contributed by atoms with Crippen molar-refractivity contribution >= 4 is 40.9 Å². The quantitative estimate of drug-likeness (QED) is 0.337. The molecular formula is C31H39N9O5. The van der Waals surface area contributed by atoms with Crippen LogP contribution in [0, 0.1) is 0 Å². The molecule has 14 nitrogen and oxygen atoms in total. The van der Waals surface area contributed by atoms with E-state index in [4.69, 9.17) is 14.1 Å². The Balaban J connectivity index is 1.26. The summed E-state index contributed by atoms with van der Waals surface area (Å²) in [5.74, 6) is 0.458. The number of hydrogen-bond donors (Lipinski definition) is 2. The van der Waals surface area contributed by atoms with Gasteiger partial charge in [0.15, 0.2) is 5.58 Å². The second-order valence-corrected chi connectivity index (χ2v) is 12.9. The molecule has 6 heterocycles. The van der Waals surface area contributed by atoms with Gasteiger partial charge in [-0.05, 0) is 52.7 Å². The van der Waals surface area contributed by atoms with E-state index < -0.39 is 17.1 Å². The molecule has 0 radical (unpaired) electrons. The summed E-state index contributed by atoms with van der Waals surface area (Å²) < 4.78 is 13.3. The van der Waals surface area contributed by atoms with Crippen molar-refractivity contribution in [1.29, 1.82) is 0 Å². The molecule has 2 saturated heterocycles. The molecule has 2 fully saturated rings. The van der Waals surface area contributed by atoms with Crippen LogP contribution in [0.1, 0.15) is 50.9 Å². The van der Waals surface area contributed by atoms with Crippen molar-refractivity contribution in [2.45, 2.75) is 51.7 Å². The molecule has 45 heavy (non-hydrogen) atoms. The fourth-order valence-electron chi connectivity index (χ4n) is 5.40. The first-order valence-corrected chi connectivity index (χ1v) is 15.1. The Bertz CT molecular complexity index is 1710. The number of fused-ring (bicyclic) bond motifs is 1. The van der Waals surface area contributed by atoms with Gasteiger partial charge in [0.2, 0.25) is 5.65 Å². The van der Waals surface area contributed by atoms with Gasteiger partial charge in [0.1, 0.15) is 17.2 Å². The minimum atomic E-state index is -0.776. The predicted molar refractivity (Wildman–Crippen MR) is 168 cm³/mol. The van der Waals surface area contributed by atoms with Crippen LogP contribution in [0.25, 0.3) is 22.5 Å². The number of oxazole rings is 1. The lowest BCUT2D eigenvalue weighted by Gasteiger charge is -2.37. The number of aromatic nitrogens is 5. The standard InChI is InChI=1S/C31H39N9O5/c1-30(2,3)45-29(42)40-15-13-39(14-16-40)28-36-25-23(44-28)17-21(26(35-25)38-11-9-31(4,43)10-12-38)27(41)34-24-8-6-7-22(33-24)20-18-32-37(5)19-20/h6-8,17-19,43H,9-16H2,1-5H3,(H,33,34,41). The Morgan fingerprint density at radius 2 is 1.76 bits per heavy atom. The Labute approximate surface area is 261 Å². The number of ether oxygens (including phenoxy) is 1. The highest BCUT2D eigenvalue weighted by atomic mass is 16.6. The molecule has 2 aliphatic heterocycles. The van der Waals surface area contributed by atoms with Crippen molar-refractivity contribution in [3.8, 4) is 11.3 Å². The number of rotatable bonds is 5. The smallest absolute Gasteiger partial charge is 0.410 e. The molecule has 0 aliphatic carbocycles. The largest absolute Gasteiger partial charge is 0.444 e. The fourth-order valence-corrected chi connectivity index (χ4v) is 5.40. The van der Waals surface area contributed by atoms with Gasteiger partial charge in [0, 0.05) is 64.1 Å². The second kappa shape index (κ2) is 11.7. The zero-order valence-electron chi connectivity index (χ0n) is 26.3. The summed E-state index contributed by atoms with van der Waals surface area (Å²) >= 11 is 0. The van der Waals surface area contributed by atoms with E-state index in [1.165, 1.54) is 0 Å². The van der Waals surface area contributed by atoms with Crippen LogP contribution < -0.4 is 15.1 Å². The van der Waals surface area contributed by atoms with Crippen molar-refractivity contribution in [2.24, 2.45) is 7.05 Å². The average molecular weight is 618 g/mol. The van der Waals surface area contributed by atoms with E-state index in [9.17, 15) is 14.7 Å². The molecule has 4 aromatic rings. The van der Waals surface area contributed by atoms with E-state index in [1.807, 2.05) is 62.9 Å². The fraction of sp³-hybridized carbons (Fsp3) is 0.484. The van der Waals surface area contributed by atoms with Gasteiger partial charge in [-0.25, -0.2) is 14.8 Å². The number of piperazine rings is 1. The van der Waals surface area contributed by atoms with E-state index in [0.717, 1.165) is 5.56 Å². The molecule has 2 N–H and O–H groups in total. The number of aryl methyl sites for hydroxylation is 1. The Morgan fingerprint density at radius 3 is 2.42 bits per heavy atom. The van der Waals surface area contributed by atoms with Crippen LogP contribution in [-0.4, -0.2) is 97.2 Å². The van der Waals surface area contributed by atoms with Crippen LogP contribution in [0.5, 0.6) is 0 Å². The number of nitrogens with zero attached hydrogens (tertiary/aromatic N) is 8. The lowest BCUT2D eigenvalue weighted by atomic mass is 9.93. The summed E-state index contributed by atoms with van der Waals surface area (Å²) in [6, 6.07) is 7.45. The molecule has 0 spiro atoms. The van der Waals surface area contributed by atoms with E-state index in [1.54, 1.807) is 27.9 Å². The molecule has 2 aliphatic rings. The van der Waals surface area contributed by atoms with Crippen LogP contribution in [0.4, 0.5) is 22.4 Å². The highest BCUT2D eigenvalue weighted by Crippen LogP contribution is 2.32. The Morgan fingerprint density at radius 1 is 1.02 bits per heavy atom. The third-order valence-electron chi connectivity index (χ3n) is 7.93. The summed E-state index contributed by atoms with van der Waals surface area (Å²) in [5, 5.41) is 17.7. The van der Waals surface area contributed by atoms with Crippen LogP contribution >= 0.6 is 0 Å². The van der Waals surface area contributed by atoms with Crippen LogP contribution in [0.15, 0.2) is 41.1 Å². The number of carbonyl (C=O) groups is 2. The minimum absolute atomic E-state index is 0.315. The van der Waals surface area contributed by atoms with E-state index in [2.05, 4.69) is 20.4 Å². The highest BCUT2D eigenvalue weighted by Gasteiger charge is 2.32. The van der Waals surface area contributed by atoms with Gasteiger partial charge in [-0.1, -0.05) is 6.07 Å². The SMILES string of the molecule is Cn1cc(-c2cccc(NC(=O)c3cc4oc(N5CCN(C(=O)OC(C)(C)C)CC5)nc4nc3N3CCC(C)(O)CC3)n2)cn1. The summed E-state index contributed by atoms with van der Waals surface area (Å²) in [7, 11) is 1.83. The van der Waals surface area contributed by atoms with Crippen molar-refractivity contribution < 1.29 is 23.8 Å². The molecule has 0 unspecified atom stereocenters. The number of piperidine rings is 1. The molecule has 2 amide bonds. The molecule has 4 aromatic heterocycles. The number of pyridine rings is 2. The van der Waals surface area contributed by atoms with Crippen molar-refractivity contribution in [3.05, 3.63) is 42.2 Å². The highest BCUT2D eigenvalue weighted by molar-refractivity contribution is 6.08. The maximum Gasteiger partial charge on any atom is 0.410 e. The summed E-state index contributed by atoms with van der Waals surface area (Å²) in [5.41, 5.74) is 1.23. The number of anilines is 3. The average Bonchev–Trinajstić information content (AvgIpc) is 3.62. The first-order valence-electron chi connectivity index (χ1n) is 15.1. The third-order valence-corrected chi connectivity index (χ3v) is 7.93. The Hall–Kier alpha value is -4.72. The van der Waals surface area contributed by atoms with Gasteiger partial charge in [-0.3, -0.25) is 9.48 Å². The summed E-state index contributed by atoms with van der Waals surface area (Å²) in [6.45, 7) is 10.3. The molecule has 0 bridgehead atoms. The zero-order valence-corrected chi connectivity index (χ0v) is 26.3. The number of aliphatic hydroxyl groups is 1. The Kier molecular flexibility index (Phi) is 7.85. The molecular weight excluding hydrogens is 578 g/mol. The van der Waals surface area contributed by atoms with Crippen LogP contribution in [-0.2, 0) is 11.8 Å². The van der Waals surface area contributed by atoms with Crippen molar-refractivity contribution in [3.63, 3.8) is 0 Å². The lowest BCUT2D eigenvalue weighted by Crippen LogP contribution is -2.50. The number of amides is 2. The topological polar surface area (TPSA) is 155 Å². The van der Waals surface area contributed by atoms with E-state index in [-0.39, 0.29) is 6.09 Å². The van der Waals surface area contributed by atoms with Gasteiger partial charge in [0.25, 0.3) is 11.9 Å². The predicted octanol–water partition coefficient (Wildman–Crippen LogP) is 3.68. The van der Waals surface area contributed by atoms with E-state index in [0.29, 0.717) is 92.2 Å². The number of hydrogen-bond acceptors (Lipinski definition) is 11. The van der Waals surface area contributed by atoms with E-state index >= 15 is 0 Å². The normalized spacial score (nSPS) is 17.1. The van der Waals surface area contributed by atoms with Gasteiger partial charge >= 0.3 is 6.09 Å². The van der Waals surface area contributed by atoms with Crippen LogP contribution in [0.3, 0.4) is 0 Å². The molecule has 14 heteroatoms. The minimum Gasteiger partial charge on any atom is -0.444 e. The molecule has 6 rings (SSSR count). The third kappa shape index (κ3) is 6.85. The second-order valence-electron chi connectivity index (χ2n) is 12.9. The van der Waals surface area contributed by atoms with Crippen LogP contribution in [0.2, 0.25) is 0 Å². The number of carbonyl (C=O) groups excluding carboxylic acids is 2. The molecule has 0 saturated carbocycles. The lowest BCUT2D eigenvalue weighted by molar-refractivity contribution is 0.0238. The summed E-state index contributed by atoms with van der Waals surface area (Å²) in [4.78, 5) is 46.0. The van der Waals surface area contributed by atoms with Gasteiger partial charge < -0.3 is 34.3 Å². The summed E-state index contributed by atoms with van der Waals surface area (Å²) in [6.07, 6.45) is 4.30. The van der Waals surface area contributed by atoms with Gasteiger partial charge in [-0.2, -0.15) is 10.1 Å². The maximum absolute atomic E-state index is 13.8. The molecule has 0 aromatic carbocycles. The maximum atomic E-state index is 13.8. The molecule has 0 atom stereocenters. The van der Waals surface area contributed by atoms with Gasteiger partial charge in [0.05, 0.1) is 23.1 Å². The zero-order chi connectivity index (χ0) is 31.9. The van der Waals surface area contributed by atoms with Crippen molar-refractivity contribution in [1.82, 2.24) is 29.6 Å². The first kappa shape index (κ1) is 30.3. The first-order chi connectivity index (χ1) is 21.3. The molecule has 238 valence electrons.